The smallest absolute Gasteiger partial charge is 0.245 e. The molecule has 1 aromatic heterocycles. The molecule has 0 aliphatic carbocycles. The Balaban J connectivity index is 1.98. The quantitative estimate of drug-likeness (QED) is 0.0273. The second-order valence-corrected chi connectivity index (χ2v) is 34.8. The van der Waals surface area contributed by atoms with Crippen molar-refractivity contribution < 1.29 is 82.1 Å². The largest absolute Gasteiger partial charge is 0.391 e. The predicted octanol–water partition coefficient (Wildman–Crippen LogP) is -1.96. The zero-order valence-corrected chi connectivity index (χ0v) is 76.3. The van der Waals surface area contributed by atoms with E-state index in [1.165, 1.54) is 13.8 Å². The number of para-hydroxylation sites is 1. The van der Waals surface area contributed by atoms with Crippen molar-refractivity contribution in [2.24, 2.45) is 69.7 Å². The molecule has 3 aromatic rings. The molecule has 39 nitrogen and oxygen atoms in total. The average molecular weight is 1790 g/mol. The van der Waals surface area contributed by atoms with Crippen LogP contribution in [-0.2, 0) is 84.8 Å². The van der Waals surface area contributed by atoms with E-state index < -0.39 is 204 Å². The van der Waals surface area contributed by atoms with Crippen molar-refractivity contribution in [2.45, 2.75) is 308 Å². The molecule has 1 heterocycles. The molecule has 15 amide bonds. The summed E-state index contributed by atoms with van der Waals surface area (Å²) in [6.45, 7) is 20.3. The Morgan fingerprint density at radius 3 is 0.992 bits per heavy atom. The van der Waals surface area contributed by atoms with Gasteiger partial charge in [0.1, 0.15) is 78.5 Å². The third kappa shape index (κ3) is 40.7. The minimum Gasteiger partial charge on any atom is -0.391 e. The lowest BCUT2D eigenvalue weighted by Crippen LogP contribution is -2.63. The Labute approximate surface area is 746 Å². The number of nitrogens with one attached hydrogen (secondary N) is 15. The molecule has 0 unspecified atom stereocenters. The Morgan fingerprint density at radius 1 is 0.323 bits per heavy atom. The molecule has 714 valence electrons. The SMILES string of the molecule is CC(C)C[C@@H](NC(=O)[C@@H](CCCCN)NC(=O)[C@@H](Cc1c[nH]c2ccccc12)NC(=O)[C@H](N)CCCCN)C(=O)N[C@H](Cc1ccccc1)C(=O)N[C@H](CCCCN)C(=O)N[C@H](CCCCN)C(=O)N[C@@H](C(=O)N[C@H](CC(C)C)C(=O)N[C@H](CCCCN)C(=O)N[C@@H](C(=O)N[C@H](CC(C)C)C(=O)N[C@@H](C(=O)N[C@@H](C(=O)NCC(N)=O)[C@@H](C)O)[C@@H](C)O)C(C)C)C(C)C. The Kier molecular flexibility index (Phi) is 51.5. The normalized spacial score (nSPS) is 15.3. The zero-order valence-electron chi connectivity index (χ0n) is 76.3. The molecule has 0 aliphatic rings. The Hall–Kier alpha value is -10.3. The third-order valence-corrected chi connectivity index (χ3v) is 21.3. The number of nitrogens with two attached hydrogens (primary N) is 7. The summed E-state index contributed by atoms with van der Waals surface area (Å²) in [6, 6.07) is -2.97. The summed E-state index contributed by atoms with van der Waals surface area (Å²) in [5.41, 5.74) is 43.0. The lowest BCUT2D eigenvalue weighted by molar-refractivity contribution is -0.138. The van der Waals surface area contributed by atoms with Crippen molar-refractivity contribution in [1.82, 2.24) is 79.4 Å². The summed E-state index contributed by atoms with van der Waals surface area (Å²) in [5.74, 6) is -14.6. The molecular weight excluding hydrogens is 1640 g/mol. The number of carbonyl (C=O) groups is 15. The maximum absolute atomic E-state index is 15.1. The number of fused-ring (bicyclic) bond motifs is 1. The summed E-state index contributed by atoms with van der Waals surface area (Å²) in [7, 11) is 0. The van der Waals surface area contributed by atoms with Gasteiger partial charge in [-0.05, 0) is 203 Å². The van der Waals surface area contributed by atoms with Crippen molar-refractivity contribution in [3.8, 4) is 0 Å². The first kappa shape index (κ1) is 111. The van der Waals surface area contributed by atoms with Gasteiger partial charge in [0.05, 0.1) is 24.8 Å². The number of primary amides is 1. The molecule has 31 N–H and O–H groups in total. The average Bonchev–Trinajstić information content (AvgIpc) is 1.72. The first-order valence-electron chi connectivity index (χ1n) is 44.8. The summed E-state index contributed by atoms with van der Waals surface area (Å²) in [5, 5.41) is 59.5. The first-order chi connectivity index (χ1) is 60.1. The maximum atomic E-state index is 15.1. The first-order valence-corrected chi connectivity index (χ1v) is 44.8. The molecule has 0 fully saturated rings. The van der Waals surface area contributed by atoms with E-state index in [1.807, 2.05) is 38.1 Å². The number of aliphatic hydroxyl groups excluding tert-OH is 2. The van der Waals surface area contributed by atoms with Crippen LogP contribution >= 0.6 is 0 Å². The van der Waals surface area contributed by atoms with Crippen molar-refractivity contribution in [3.63, 3.8) is 0 Å². The number of amides is 15. The van der Waals surface area contributed by atoms with Crippen LogP contribution in [0.15, 0.2) is 60.8 Å². The van der Waals surface area contributed by atoms with Gasteiger partial charge in [-0.3, -0.25) is 71.9 Å². The van der Waals surface area contributed by atoms with Gasteiger partial charge in [-0.2, -0.15) is 0 Å². The molecule has 0 saturated heterocycles. The minimum atomic E-state index is -1.75. The van der Waals surface area contributed by atoms with Crippen LogP contribution in [0, 0.1) is 29.6 Å². The van der Waals surface area contributed by atoms with Gasteiger partial charge in [0.15, 0.2) is 0 Å². The van der Waals surface area contributed by atoms with Gasteiger partial charge in [-0.15, -0.1) is 0 Å². The van der Waals surface area contributed by atoms with Crippen LogP contribution in [0.25, 0.3) is 10.9 Å². The summed E-state index contributed by atoms with van der Waals surface area (Å²) >= 11 is 0. The second-order valence-electron chi connectivity index (χ2n) is 34.8. The number of aromatic nitrogens is 1. The van der Waals surface area contributed by atoms with Crippen molar-refractivity contribution in [3.05, 3.63) is 71.9 Å². The highest BCUT2D eigenvalue weighted by molar-refractivity contribution is 6.01. The topological polar surface area (TPSA) is 663 Å². The molecule has 16 atom stereocenters. The summed E-state index contributed by atoms with van der Waals surface area (Å²) in [4.78, 5) is 217. The van der Waals surface area contributed by atoms with Gasteiger partial charge in [0, 0.05) is 29.9 Å². The lowest BCUT2D eigenvalue weighted by atomic mass is 9.98. The number of benzene rings is 2. The minimum absolute atomic E-state index is 0.00469. The monoisotopic (exact) mass is 1790 g/mol. The fourth-order valence-corrected chi connectivity index (χ4v) is 14.2. The van der Waals surface area contributed by atoms with E-state index >= 15 is 4.79 Å². The van der Waals surface area contributed by atoms with Crippen LogP contribution in [0.5, 0.6) is 0 Å². The van der Waals surface area contributed by atoms with Gasteiger partial charge >= 0.3 is 0 Å². The van der Waals surface area contributed by atoms with Crippen LogP contribution in [0.1, 0.15) is 210 Å². The number of hydrogen-bond acceptors (Lipinski definition) is 23. The van der Waals surface area contributed by atoms with Crippen molar-refractivity contribution >= 4 is 99.5 Å². The number of hydrogen-bond donors (Lipinski definition) is 24. The number of rotatable bonds is 63. The standard InChI is InChI=1S/C88H150N22O17/c1-49(2)42-65(103-77(116)62(34-20-25-39-91)100-83(122)69(102-75(114)59(94)31-18-23-37-89)46-57-47-96-60-32-17-16-30-58(57)60)81(120)104-68(45-56-28-14-13-15-29-56)82(121)99-61(33-19-24-38-90)76(115)98-63(35-21-26-40-92)78(117)107-71(52(7)8)86(125)105-66(43-50(3)4)80(119)101-64(36-22-27-41-93)79(118)108-72(53(9)10)87(126)106-67(44-51(5)6)84(123)109-74(55(12)112)88(127)110-73(54(11)111)85(124)97-48-70(95)113/h13-17,28-30,32,47,49-55,59,61-69,71-74,96,111-112H,18-27,31,33-46,48,89-94H2,1-12H3,(H2,95,113)(H,97,124)(H,98,115)(H,99,121)(H,100,122)(H,101,119)(H,102,114)(H,103,116)(H,104,120)(H,105,125)(H,106,126)(H,107,117)(H,108,118)(H,109,123)(H,110,127)/t54-,55-,59-,61-,62-,63-,64-,65-,66-,67-,68-,69-,71-,72-,73-,74-/m1/s1. The van der Waals surface area contributed by atoms with E-state index in [4.69, 9.17) is 40.1 Å². The molecule has 2 aromatic carbocycles. The number of aromatic amines is 1. The van der Waals surface area contributed by atoms with Gasteiger partial charge < -0.3 is 130 Å². The number of unbranched alkanes of at least 4 members (excludes halogenated alkanes) is 5. The fourth-order valence-electron chi connectivity index (χ4n) is 14.2. The number of H-pyrrole nitrogens is 1. The van der Waals surface area contributed by atoms with Crippen LogP contribution in [0.4, 0.5) is 0 Å². The zero-order chi connectivity index (χ0) is 95.2. The number of aliphatic hydroxyl groups is 2. The second kappa shape index (κ2) is 59.0. The third-order valence-electron chi connectivity index (χ3n) is 21.3. The van der Waals surface area contributed by atoms with Crippen LogP contribution < -0.4 is 115 Å². The van der Waals surface area contributed by atoms with E-state index in [0.717, 1.165) is 10.9 Å². The molecule has 0 saturated carbocycles. The van der Waals surface area contributed by atoms with Crippen LogP contribution in [0.3, 0.4) is 0 Å². The van der Waals surface area contributed by atoms with Crippen molar-refractivity contribution in [2.75, 3.05) is 39.3 Å². The predicted molar refractivity (Wildman–Crippen MR) is 483 cm³/mol. The van der Waals surface area contributed by atoms with E-state index in [2.05, 4.69) is 79.4 Å². The van der Waals surface area contributed by atoms with Gasteiger partial charge in [0.25, 0.3) is 0 Å². The lowest BCUT2D eigenvalue weighted by Gasteiger charge is -2.30. The molecule has 3 rings (SSSR count). The van der Waals surface area contributed by atoms with Crippen LogP contribution in [0.2, 0.25) is 0 Å². The highest BCUT2D eigenvalue weighted by atomic mass is 16.3. The van der Waals surface area contributed by atoms with Gasteiger partial charge in [0.2, 0.25) is 88.6 Å². The highest BCUT2D eigenvalue weighted by Crippen LogP contribution is 2.22. The highest BCUT2D eigenvalue weighted by Gasteiger charge is 2.41. The van der Waals surface area contributed by atoms with Gasteiger partial charge in [-0.1, -0.05) is 124 Å². The molecule has 0 radical (unpaired) electrons. The molecule has 127 heavy (non-hydrogen) atoms. The molecule has 0 aliphatic heterocycles. The Bertz CT molecular complexity index is 3960. The summed E-state index contributed by atoms with van der Waals surface area (Å²) in [6.07, 6.45) is 3.09. The molecular formula is C88H150N22O17. The molecule has 0 spiro atoms. The fraction of sp³-hybridized carbons (Fsp3) is 0.670. The van der Waals surface area contributed by atoms with E-state index in [1.54, 1.807) is 91.9 Å². The maximum Gasteiger partial charge on any atom is 0.245 e. The van der Waals surface area contributed by atoms with Crippen molar-refractivity contribution in [1.29, 1.82) is 0 Å². The Morgan fingerprint density at radius 2 is 0.614 bits per heavy atom. The summed E-state index contributed by atoms with van der Waals surface area (Å²) < 4.78 is 0. The van der Waals surface area contributed by atoms with E-state index in [-0.39, 0.29) is 102 Å². The van der Waals surface area contributed by atoms with Crippen LogP contribution in [-0.4, -0.2) is 240 Å². The van der Waals surface area contributed by atoms with E-state index in [0.29, 0.717) is 88.3 Å². The molecule has 39 heteroatoms. The van der Waals surface area contributed by atoms with E-state index in [9.17, 15) is 77.3 Å². The van der Waals surface area contributed by atoms with Gasteiger partial charge in [-0.25, -0.2) is 0 Å². The number of carbonyl (C=O) groups excluding carboxylic acids is 15. The molecule has 0 bridgehead atoms.